The highest BCUT2D eigenvalue weighted by molar-refractivity contribution is 4.93. The molecule has 2 aliphatic carbocycles. The third-order valence-electron chi connectivity index (χ3n) is 3.80. The number of hydrogen-bond acceptors (Lipinski definition) is 2. The van der Waals surface area contributed by atoms with Gasteiger partial charge in [0.1, 0.15) is 0 Å². The van der Waals surface area contributed by atoms with Crippen LogP contribution >= 0.6 is 0 Å². The van der Waals surface area contributed by atoms with Crippen molar-refractivity contribution in [3.05, 3.63) is 0 Å². The molecule has 2 aliphatic rings. The summed E-state index contributed by atoms with van der Waals surface area (Å²) in [5.74, 6) is 3.64. The molecule has 4 heteroatoms. The molecule has 2 fully saturated rings. The highest BCUT2D eigenvalue weighted by Gasteiger charge is 2.44. The van der Waals surface area contributed by atoms with Crippen molar-refractivity contribution in [3.8, 4) is 0 Å². The van der Waals surface area contributed by atoms with Crippen molar-refractivity contribution in [2.75, 3.05) is 0 Å². The predicted molar refractivity (Wildman–Crippen MR) is 50.7 cm³/mol. The van der Waals surface area contributed by atoms with Crippen LogP contribution in [0.5, 0.6) is 0 Å². The molecule has 2 rings (SSSR count). The number of rotatable bonds is 3. The molecule has 2 saturated carbocycles. The maximum Gasteiger partial charge on any atom is 0.248 e. The Bertz CT molecular complexity index is 204. The van der Waals surface area contributed by atoms with Crippen molar-refractivity contribution in [2.24, 2.45) is 17.7 Å². The van der Waals surface area contributed by atoms with Crippen LogP contribution in [0, 0.1) is 11.8 Å². The van der Waals surface area contributed by atoms with Gasteiger partial charge in [0.2, 0.25) is 5.92 Å². The maximum absolute atomic E-state index is 13.0. The molecule has 0 aromatic carbocycles. The Morgan fingerprint density at radius 3 is 2.29 bits per heavy atom. The maximum atomic E-state index is 13.0. The van der Waals surface area contributed by atoms with Crippen LogP contribution in [0.25, 0.3) is 0 Å². The Balaban J connectivity index is 1.92. The Kier molecular flexibility index (Phi) is 2.75. The summed E-state index contributed by atoms with van der Waals surface area (Å²) in [5.41, 5.74) is 2.75. The van der Waals surface area contributed by atoms with E-state index in [1.54, 1.807) is 0 Å². The van der Waals surface area contributed by atoms with Gasteiger partial charge < -0.3 is 0 Å². The topological polar surface area (TPSA) is 38.0 Å². The van der Waals surface area contributed by atoms with Crippen LogP contribution in [-0.4, -0.2) is 12.0 Å². The molecule has 0 spiro atoms. The zero-order chi connectivity index (χ0) is 10.2. The van der Waals surface area contributed by atoms with E-state index in [9.17, 15) is 8.78 Å². The number of hydrazine groups is 1. The molecule has 2 unspecified atom stereocenters. The van der Waals surface area contributed by atoms with Gasteiger partial charge in [-0.15, -0.1) is 0 Å². The second-order valence-electron chi connectivity index (χ2n) is 4.74. The summed E-state index contributed by atoms with van der Waals surface area (Å²) in [4.78, 5) is 0. The van der Waals surface area contributed by atoms with Gasteiger partial charge in [0.05, 0.1) is 0 Å². The first-order chi connectivity index (χ1) is 6.62. The standard InChI is InChI=1S/C10H18F2N2/c11-10(12)5-4-8(6-10)9(14-13)7-2-1-3-7/h7-9,14H,1-6,13H2. The second-order valence-corrected chi connectivity index (χ2v) is 4.74. The van der Waals surface area contributed by atoms with Crippen LogP contribution in [0.4, 0.5) is 8.78 Å². The summed E-state index contributed by atoms with van der Waals surface area (Å²) in [5, 5.41) is 0. The Morgan fingerprint density at radius 2 is 1.93 bits per heavy atom. The summed E-state index contributed by atoms with van der Waals surface area (Å²) in [6, 6.07) is 0.122. The largest absolute Gasteiger partial charge is 0.271 e. The van der Waals surface area contributed by atoms with Crippen LogP contribution in [0.2, 0.25) is 0 Å². The lowest BCUT2D eigenvalue weighted by Gasteiger charge is -2.36. The van der Waals surface area contributed by atoms with Gasteiger partial charge in [0.25, 0.3) is 0 Å². The smallest absolute Gasteiger partial charge is 0.248 e. The SMILES string of the molecule is NNC(C1CCC1)C1CCC(F)(F)C1. The molecule has 0 aromatic rings. The number of nitrogens with two attached hydrogens (primary N) is 1. The molecule has 82 valence electrons. The number of hydrogen-bond donors (Lipinski definition) is 2. The van der Waals surface area contributed by atoms with E-state index in [-0.39, 0.29) is 24.8 Å². The van der Waals surface area contributed by atoms with Crippen molar-refractivity contribution in [1.82, 2.24) is 5.43 Å². The normalized spacial score (nSPS) is 34.1. The minimum Gasteiger partial charge on any atom is -0.271 e. The van der Waals surface area contributed by atoms with Gasteiger partial charge >= 0.3 is 0 Å². The van der Waals surface area contributed by atoms with Crippen LogP contribution in [0.3, 0.4) is 0 Å². The molecular weight excluding hydrogens is 186 g/mol. The van der Waals surface area contributed by atoms with E-state index in [2.05, 4.69) is 5.43 Å². The zero-order valence-electron chi connectivity index (χ0n) is 8.31. The molecule has 0 aliphatic heterocycles. The molecule has 0 radical (unpaired) electrons. The van der Waals surface area contributed by atoms with Gasteiger partial charge in [-0.05, 0) is 31.1 Å². The van der Waals surface area contributed by atoms with E-state index in [0.717, 1.165) is 12.8 Å². The molecule has 2 atom stereocenters. The first kappa shape index (κ1) is 10.3. The zero-order valence-corrected chi connectivity index (χ0v) is 8.31. The fraction of sp³-hybridized carbons (Fsp3) is 1.00. The van der Waals surface area contributed by atoms with Crippen LogP contribution < -0.4 is 11.3 Å². The van der Waals surface area contributed by atoms with Crippen LogP contribution in [-0.2, 0) is 0 Å². The molecule has 0 saturated heterocycles. The van der Waals surface area contributed by atoms with Crippen molar-refractivity contribution < 1.29 is 8.78 Å². The van der Waals surface area contributed by atoms with E-state index in [4.69, 9.17) is 5.84 Å². The summed E-state index contributed by atoms with van der Waals surface area (Å²) >= 11 is 0. The van der Waals surface area contributed by atoms with E-state index < -0.39 is 5.92 Å². The molecule has 0 heterocycles. The molecule has 2 nitrogen and oxygen atoms in total. The molecular formula is C10H18F2N2. The quantitative estimate of drug-likeness (QED) is 0.545. The second kappa shape index (κ2) is 3.74. The third-order valence-corrected chi connectivity index (χ3v) is 3.80. The minimum absolute atomic E-state index is 0.0262. The van der Waals surface area contributed by atoms with E-state index in [1.165, 1.54) is 6.42 Å². The summed E-state index contributed by atoms with van der Waals surface area (Å²) < 4.78 is 26.0. The fourth-order valence-electron chi connectivity index (χ4n) is 2.75. The van der Waals surface area contributed by atoms with Gasteiger partial charge in [-0.1, -0.05) is 6.42 Å². The Hall–Kier alpha value is -0.220. The van der Waals surface area contributed by atoms with Gasteiger partial charge in [-0.3, -0.25) is 11.3 Å². The predicted octanol–water partition coefficient (Wildman–Crippen LogP) is 2.05. The Morgan fingerprint density at radius 1 is 1.21 bits per heavy atom. The molecule has 0 aromatic heterocycles. The Labute approximate surface area is 83.2 Å². The third kappa shape index (κ3) is 1.91. The molecule has 0 bridgehead atoms. The van der Waals surface area contributed by atoms with Gasteiger partial charge in [0, 0.05) is 18.9 Å². The summed E-state index contributed by atoms with van der Waals surface area (Å²) in [6.07, 6.45) is 4.22. The lowest BCUT2D eigenvalue weighted by molar-refractivity contribution is 0.000814. The molecule has 14 heavy (non-hydrogen) atoms. The van der Waals surface area contributed by atoms with Crippen LogP contribution in [0.15, 0.2) is 0 Å². The highest BCUT2D eigenvalue weighted by atomic mass is 19.3. The fourth-order valence-corrected chi connectivity index (χ4v) is 2.75. The number of alkyl halides is 2. The first-order valence-corrected chi connectivity index (χ1v) is 5.46. The lowest BCUT2D eigenvalue weighted by Crippen LogP contribution is -2.47. The van der Waals surface area contributed by atoms with E-state index >= 15 is 0 Å². The molecule has 3 N–H and O–H groups in total. The highest BCUT2D eigenvalue weighted by Crippen LogP contribution is 2.44. The average molecular weight is 204 g/mol. The van der Waals surface area contributed by atoms with Crippen molar-refractivity contribution in [1.29, 1.82) is 0 Å². The molecule has 0 amide bonds. The van der Waals surface area contributed by atoms with Gasteiger partial charge in [-0.25, -0.2) is 8.78 Å². The van der Waals surface area contributed by atoms with Gasteiger partial charge in [0.15, 0.2) is 0 Å². The van der Waals surface area contributed by atoms with Crippen LogP contribution in [0.1, 0.15) is 38.5 Å². The van der Waals surface area contributed by atoms with Gasteiger partial charge in [-0.2, -0.15) is 0 Å². The van der Waals surface area contributed by atoms with E-state index in [0.29, 0.717) is 12.3 Å². The average Bonchev–Trinajstić information content (AvgIpc) is 2.37. The van der Waals surface area contributed by atoms with Crippen molar-refractivity contribution >= 4 is 0 Å². The lowest BCUT2D eigenvalue weighted by atomic mass is 9.74. The number of halogens is 2. The summed E-state index contributed by atoms with van der Waals surface area (Å²) in [6.45, 7) is 0. The summed E-state index contributed by atoms with van der Waals surface area (Å²) in [7, 11) is 0. The number of nitrogens with one attached hydrogen (secondary N) is 1. The minimum atomic E-state index is -2.44. The van der Waals surface area contributed by atoms with Crippen molar-refractivity contribution in [3.63, 3.8) is 0 Å². The first-order valence-electron chi connectivity index (χ1n) is 5.46. The van der Waals surface area contributed by atoms with Crippen molar-refractivity contribution in [2.45, 2.75) is 50.5 Å². The van der Waals surface area contributed by atoms with E-state index in [1.807, 2.05) is 0 Å². The monoisotopic (exact) mass is 204 g/mol.